The first-order valence-electron chi connectivity index (χ1n) is 11.8. The highest BCUT2D eigenvalue weighted by molar-refractivity contribution is 5.79. The number of hydrogen-bond acceptors (Lipinski definition) is 3. The summed E-state index contributed by atoms with van der Waals surface area (Å²) in [5.41, 5.74) is 13.9. The Morgan fingerprint density at radius 3 is 2.41 bits per heavy atom. The Morgan fingerprint density at radius 2 is 1.72 bits per heavy atom. The molecular formula is C28H32N4. The van der Waals surface area contributed by atoms with Gasteiger partial charge in [0.15, 0.2) is 5.82 Å². The van der Waals surface area contributed by atoms with Crippen molar-refractivity contribution in [1.29, 1.82) is 0 Å². The van der Waals surface area contributed by atoms with Gasteiger partial charge < -0.3 is 10.7 Å². The number of nitrogens with zero attached hydrogens (tertiary/aromatic N) is 2. The highest BCUT2D eigenvalue weighted by Crippen LogP contribution is 2.38. The fraction of sp³-hybridized carbons (Fsp3) is 0.357. The lowest BCUT2D eigenvalue weighted by Crippen LogP contribution is -2.22. The molecule has 164 valence electrons. The predicted molar refractivity (Wildman–Crippen MR) is 132 cm³/mol. The first-order chi connectivity index (χ1) is 15.5. The number of hydrogen-bond donors (Lipinski definition) is 2. The number of nitrogens with one attached hydrogen (secondary N) is 1. The molecule has 0 amide bonds. The van der Waals surface area contributed by atoms with Crippen molar-refractivity contribution >= 4 is 11.0 Å². The Kier molecular flexibility index (Phi) is 5.79. The number of rotatable bonds is 5. The van der Waals surface area contributed by atoms with Crippen LogP contribution in [0.15, 0.2) is 60.8 Å². The first-order valence-corrected chi connectivity index (χ1v) is 11.8. The van der Waals surface area contributed by atoms with Crippen LogP contribution in [0.25, 0.3) is 33.7 Å². The van der Waals surface area contributed by atoms with Crippen LogP contribution in [0.2, 0.25) is 0 Å². The van der Waals surface area contributed by atoms with E-state index in [9.17, 15) is 0 Å². The molecule has 32 heavy (non-hydrogen) atoms. The molecule has 1 unspecified atom stereocenters. The monoisotopic (exact) mass is 424 g/mol. The molecule has 2 heterocycles. The number of nitrogens with two attached hydrogens (primary N) is 1. The minimum Gasteiger partial charge on any atom is -0.337 e. The Morgan fingerprint density at radius 1 is 0.969 bits per heavy atom. The second-order valence-electron chi connectivity index (χ2n) is 9.59. The average molecular weight is 425 g/mol. The van der Waals surface area contributed by atoms with Gasteiger partial charge in [-0.05, 0) is 92.7 Å². The van der Waals surface area contributed by atoms with Crippen LogP contribution >= 0.6 is 0 Å². The molecule has 0 saturated heterocycles. The van der Waals surface area contributed by atoms with E-state index in [-0.39, 0.29) is 0 Å². The van der Waals surface area contributed by atoms with Crippen molar-refractivity contribution in [3.63, 3.8) is 0 Å². The summed E-state index contributed by atoms with van der Waals surface area (Å²) in [6.07, 6.45) is 8.29. The zero-order valence-electron chi connectivity index (χ0n) is 19.0. The van der Waals surface area contributed by atoms with E-state index in [1.807, 2.05) is 18.3 Å². The molecule has 5 rings (SSSR count). The van der Waals surface area contributed by atoms with Crippen molar-refractivity contribution in [2.24, 2.45) is 11.7 Å². The molecule has 3 N–H and O–H groups in total. The van der Waals surface area contributed by atoms with Gasteiger partial charge in [-0.2, -0.15) is 0 Å². The van der Waals surface area contributed by atoms with Gasteiger partial charge in [-0.1, -0.05) is 36.4 Å². The Bertz CT molecular complexity index is 1180. The second kappa shape index (κ2) is 8.87. The summed E-state index contributed by atoms with van der Waals surface area (Å²) in [7, 11) is 0. The smallest absolute Gasteiger partial charge is 0.157 e. The van der Waals surface area contributed by atoms with E-state index in [2.05, 4.69) is 71.3 Å². The Balaban J connectivity index is 1.27. The highest BCUT2D eigenvalue weighted by atomic mass is 14.9. The molecule has 2 aromatic heterocycles. The number of aromatic nitrogens is 3. The molecule has 0 spiro atoms. The molecule has 1 aliphatic rings. The highest BCUT2D eigenvalue weighted by Gasteiger charge is 2.23. The molecule has 0 bridgehead atoms. The topological polar surface area (TPSA) is 67.6 Å². The number of fused-ring (bicyclic) bond motifs is 1. The summed E-state index contributed by atoms with van der Waals surface area (Å²) >= 11 is 0. The van der Waals surface area contributed by atoms with E-state index in [1.165, 1.54) is 48.8 Å². The van der Waals surface area contributed by atoms with Crippen LogP contribution in [0.5, 0.6) is 0 Å². The van der Waals surface area contributed by atoms with Gasteiger partial charge in [0.25, 0.3) is 0 Å². The zero-order chi connectivity index (χ0) is 22.1. The number of benzene rings is 2. The Labute approximate surface area is 190 Å². The largest absolute Gasteiger partial charge is 0.337 e. The van der Waals surface area contributed by atoms with E-state index in [0.29, 0.717) is 12.0 Å². The minimum atomic E-state index is 0.326. The van der Waals surface area contributed by atoms with Crippen molar-refractivity contribution in [3.8, 4) is 22.6 Å². The molecule has 4 aromatic rings. The van der Waals surface area contributed by atoms with Gasteiger partial charge in [0.2, 0.25) is 0 Å². The van der Waals surface area contributed by atoms with Gasteiger partial charge in [0, 0.05) is 17.8 Å². The van der Waals surface area contributed by atoms with E-state index < -0.39 is 0 Å². The van der Waals surface area contributed by atoms with Crippen molar-refractivity contribution in [2.45, 2.75) is 57.9 Å². The fourth-order valence-electron chi connectivity index (χ4n) is 5.15. The maximum absolute atomic E-state index is 6.00. The van der Waals surface area contributed by atoms with E-state index in [0.717, 1.165) is 34.0 Å². The molecule has 4 nitrogen and oxygen atoms in total. The van der Waals surface area contributed by atoms with Gasteiger partial charge in [0.1, 0.15) is 5.69 Å². The third-order valence-corrected chi connectivity index (χ3v) is 6.91. The van der Waals surface area contributed by atoms with Crippen molar-refractivity contribution in [1.82, 2.24) is 15.0 Å². The number of pyridine rings is 1. The van der Waals surface area contributed by atoms with Crippen LogP contribution < -0.4 is 5.73 Å². The van der Waals surface area contributed by atoms with Gasteiger partial charge in [-0.25, -0.2) is 4.98 Å². The standard InChI is InChI=1S/C28H32N4/c1-18-3-13-25-27(15-18)32-28(31-25)26-14-12-24(17-30-26)23-10-8-22(9-11-23)21-6-4-20(5-7-21)16-19(2)29/h3,8-15,17,19-21H,4-7,16,29H2,1-2H3,(H,31,32). The number of H-pyrrole nitrogens is 1. The first kappa shape index (κ1) is 20.9. The number of imidazole rings is 1. The third kappa shape index (κ3) is 4.46. The summed E-state index contributed by atoms with van der Waals surface area (Å²) in [5.74, 6) is 2.31. The van der Waals surface area contributed by atoms with Crippen molar-refractivity contribution in [2.75, 3.05) is 0 Å². The molecule has 0 radical (unpaired) electrons. The zero-order valence-corrected chi connectivity index (χ0v) is 19.0. The van der Waals surface area contributed by atoms with Crippen molar-refractivity contribution in [3.05, 3.63) is 71.9 Å². The van der Waals surface area contributed by atoms with E-state index >= 15 is 0 Å². The predicted octanol–water partition coefficient (Wildman–Crippen LogP) is 6.61. The van der Waals surface area contributed by atoms with Gasteiger partial charge in [-0.15, -0.1) is 0 Å². The molecular weight excluding hydrogens is 392 g/mol. The summed E-state index contributed by atoms with van der Waals surface area (Å²) in [6.45, 7) is 4.22. The van der Waals surface area contributed by atoms with Crippen LogP contribution in [0.1, 0.15) is 56.1 Å². The van der Waals surface area contributed by atoms with Crippen LogP contribution in [-0.2, 0) is 0 Å². The summed E-state index contributed by atoms with van der Waals surface area (Å²) < 4.78 is 0. The second-order valence-corrected chi connectivity index (χ2v) is 9.59. The lowest BCUT2D eigenvalue weighted by molar-refractivity contribution is 0.297. The van der Waals surface area contributed by atoms with E-state index in [1.54, 1.807) is 0 Å². The van der Waals surface area contributed by atoms with Gasteiger partial charge >= 0.3 is 0 Å². The minimum absolute atomic E-state index is 0.326. The van der Waals surface area contributed by atoms with Crippen LogP contribution in [-0.4, -0.2) is 21.0 Å². The van der Waals surface area contributed by atoms with Crippen LogP contribution in [0.3, 0.4) is 0 Å². The quantitative estimate of drug-likeness (QED) is 0.379. The normalized spacial score (nSPS) is 19.8. The molecule has 4 heteroatoms. The van der Waals surface area contributed by atoms with Crippen molar-refractivity contribution < 1.29 is 0 Å². The van der Waals surface area contributed by atoms with Crippen LogP contribution in [0, 0.1) is 12.8 Å². The summed E-state index contributed by atoms with van der Waals surface area (Å²) in [5, 5.41) is 0. The molecule has 0 aliphatic heterocycles. The molecule has 1 fully saturated rings. The van der Waals surface area contributed by atoms with Gasteiger partial charge in [0.05, 0.1) is 11.0 Å². The fourth-order valence-corrected chi connectivity index (χ4v) is 5.15. The molecule has 2 aromatic carbocycles. The third-order valence-electron chi connectivity index (χ3n) is 6.91. The summed E-state index contributed by atoms with van der Waals surface area (Å²) in [6, 6.07) is 19.9. The lowest BCUT2D eigenvalue weighted by Gasteiger charge is -2.29. The Hall–Kier alpha value is -2.98. The maximum Gasteiger partial charge on any atom is 0.157 e. The average Bonchev–Trinajstić information content (AvgIpc) is 3.23. The van der Waals surface area contributed by atoms with Gasteiger partial charge in [-0.3, -0.25) is 4.98 Å². The lowest BCUT2D eigenvalue weighted by atomic mass is 9.76. The SMILES string of the molecule is Cc1ccc2nc(-c3ccc(-c4ccc(C5CCC(CC(C)N)CC5)cc4)cn3)[nH]c2c1. The number of aryl methyl sites for hydroxylation is 1. The number of aromatic amines is 1. The molecule has 1 aliphatic carbocycles. The molecule has 1 saturated carbocycles. The van der Waals surface area contributed by atoms with E-state index in [4.69, 9.17) is 5.73 Å². The summed E-state index contributed by atoms with van der Waals surface area (Å²) in [4.78, 5) is 12.8. The van der Waals surface area contributed by atoms with Crippen LogP contribution in [0.4, 0.5) is 0 Å². The maximum atomic E-state index is 6.00. The molecule has 1 atom stereocenters.